The molecule has 0 aliphatic heterocycles. The van der Waals surface area contributed by atoms with Gasteiger partial charge in [0.1, 0.15) is 0 Å². The van der Waals surface area contributed by atoms with Crippen molar-refractivity contribution in [3.05, 3.63) is 35.4 Å². The van der Waals surface area contributed by atoms with Crippen molar-refractivity contribution in [3.8, 4) is 0 Å². The molecule has 0 radical (unpaired) electrons. The normalized spacial score (nSPS) is 13.8. The average Bonchev–Trinajstić information content (AvgIpc) is 2.37. The summed E-state index contributed by atoms with van der Waals surface area (Å²) >= 11 is 0. The van der Waals surface area contributed by atoms with Gasteiger partial charge in [0.15, 0.2) is 11.6 Å². The first kappa shape index (κ1) is 16.6. The molecule has 0 aromatic heterocycles. The number of aliphatic hydroxyl groups excluding tert-OH is 1. The predicted octanol–water partition coefficient (Wildman–Crippen LogP) is 2.42. The molecule has 1 aromatic rings. The number of hydrogen-bond acceptors (Lipinski definition) is 2. The molecule has 0 bridgehead atoms. The summed E-state index contributed by atoms with van der Waals surface area (Å²) in [6.45, 7) is 4.10. The van der Waals surface area contributed by atoms with Crippen LogP contribution in [0.2, 0.25) is 0 Å². The van der Waals surface area contributed by atoms with Gasteiger partial charge in [-0.05, 0) is 37.3 Å². The van der Waals surface area contributed by atoms with Crippen molar-refractivity contribution in [2.75, 3.05) is 6.54 Å². The van der Waals surface area contributed by atoms with E-state index >= 15 is 0 Å². The van der Waals surface area contributed by atoms with Gasteiger partial charge in [0.25, 0.3) is 0 Å². The van der Waals surface area contributed by atoms with Crippen LogP contribution in [0.1, 0.15) is 32.3 Å². The lowest BCUT2D eigenvalue weighted by Crippen LogP contribution is -2.29. The maximum atomic E-state index is 13.4. The van der Waals surface area contributed by atoms with E-state index in [0.717, 1.165) is 6.07 Å². The lowest BCUT2D eigenvalue weighted by Gasteiger charge is -2.14. The first-order chi connectivity index (χ1) is 9.40. The quantitative estimate of drug-likeness (QED) is 0.808. The number of aryl methyl sites for hydroxylation is 1. The molecule has 3 nitrogen and oxygen atoms in total. The Morgan fingerprint density at radius 3 is 2.70 bits per heavy atom. The van der Waals surface area contributed by atoms with Crippen molar-refractivity contribution in [2.24, 2.45) is 5.92 Å². The van der Waals surface area contributed by atoms with E-state index in [0.29, 0.717) is 13.0 Å². The number of nitrogens with one attached hydrogen (secondary N) is 1. The third-order valence-electron chi connectivity index (χ3n) is 3.04. The number of rotatable bonds is 7. The number of amides is 1. The highest BCUT2D eigenvalue weighted by Gasteiger charge is 2.11. The fourth-order valence-corrected chi connectivity index (χ4v) is 2.03. The molecule has 0 spiro atoms. The molecule has 1 aromatic carbocycles. The van der Waals surface area contributed by atoms with Crippen LogP contribution in [0.15, 0.2) is 18.2 Å². The van der Waals surface area contributed by atoms with Gasteiger partial charge in [-0.15, -0.1) is 0 Å². The zero-order valence-corrected chi connectivity index (χ0v) is 11.8. The number of carbonyl (C=O) groups is 1. The topological polar surface area (TPSA) is 49.3 Å². The summed E-state index contributed by atoms with van der Waals surface area (Å²) in [6.07, 6.45) is 0.490. The number of aliphatic hydroxyl groups is 1. The summed E-state index contributed by atoms with van der Waals surface area (Å²) in [6, 6.07) is 3.95. The van der Waals surface area contributed by atoms with Gasteiger partial charge in [0.2, 0.25) is 5.91 Å². The molecule has 1 amide bonds. The maximum absolute atomic E-state index is 13.4. The Morgan fingerprint density at radius 2 is 2.05 bits per heavy atom. The number of benzene rings is 1. The Hall–Kier alpha value is -1.49. The van der Waals surface area contributed by atoms with Crippen LogP contribution in [-0.2, 0) is 11.2 Å². The smallest absolute Gasteiger partial charge is 0.220 e. The number of halogens is 2. The first-order valence-electron chi connectivity index (χ1n) is 6.77. The fourth-order valence-electron chi connectivity index (χ4n) is 2.03. The van der Waals surface area contributed by atoms with E-state index < -0.39 is 17.7 Å². The van der Waals surface area contributed by atoms with Crippen molar-refractivity contribution < 1.29 is 18.7 Å². The molecule has 0 saturated heterocycles. The lowest BCUT2D eigenvalue weighted by molar-refractivity contribution is -0.121. The molecule has 112 valence electrons. The minimum Gasteiger partial charge on any atom is -0.393 e. The molecule has 0 aliphatic rings. The summed E-state index contributed by atoms with van der Waals surface area (Å²) in [5.41, 5.74) is 0.206. The highest BCUT2D eigenvalue weighted by Crippen LogP contribution is 2.13. The van der Waals surface area contributed by atoms with Crippen LogP contribution < -0.4 is 5.32 Å². The second-order valence-electron chi connectivity index (χ2n) is 5.21. The van der Waals surface area contributed by atoms with Crippen molar-refractivity contribution in [3.63, 3.8) is 0 Å². The Kier molecular flexibility index (Phi) is 6.58. The minimum atomic E-state index is -0.895. The molecular weight excluding hydrogens is 264 g/mol. The van der Waals surface area contributed by atoms with E-state index in [-0.39, 0.29) is 30.2 Å². The Bertz CT molecular complexity index is 449. The highest BCUT2D eigenvalue weighted by atomic mass is 19.2. The van der Waals surface area contributed by atoms with Crippen LogP contribution in [0.3, 0.4) is 0 Å². The fraction of sp³-hybridized carbons (Fsp3) is 0.533. The van der Waals surface area contributed by atoms with Crippen LogP contribution in [-0.4, -0.2) is 23.7 Å². The van der Waals surface area contributed by atoms with E-state index in [4.69, 9.17) is 0 Å². The van der Waals surface area contributed by atoms with E-state index in [9.17, 15) is 18.7 Å². The second kappa shape index (κ2) is 7.94. The van der Waals surface area contributed by atoms with Gasteiger partial charge in [0.05, 0.1) is 6.10 Å². The van der Waals surface area contributed by atoms with Gasteiger partial charge in [-0.1, -0.05) is 19.1 Å². The van der Waals surface area contributed by atoms with Crippen molar-refractivity contribution in [2.45, 2.75) is 39.2 Å². The molecule has 0 aliphatic carbocycles. The van der Waals surface area contributed by atoms with Gasteiger partial charge in [-0.2, -0.15) is 0 Å². The molecule has 0 saturated carbocycles. The van der Waals surface area contributed by atoms with Gasteiger partial charge in [-0.25, -0.2) is 8.78 Å². The molecule has 20 heavy (non-hydrogen) atoms. The van der Waals surface area contributed by atoms with Crippen LogP contribution in [0.25, 0.3) is 0 Å². The van der Waals surface area contributed by atoms with Gasteiger partial charge >= 0.3 is 0 Å². The first-order valence-corrected chi connectivity index (χ1v) is 6.77. The molecule has 2 atom stereocenters. The third-order valence-corrected chi connectivity index (χ3v) is 3.04. The summed E-state index contributed by atoms with van der Waals surface area (Å²) in [7, 11) is 0. The Labute approximate surface area is 118 Å². The summed E-state index contributed by atoms with van der Waals surface area (Å²) in [4.78, 5) is 11.6. The van der Waals surface area contributed by atoms with Gasteiger partial charge < -0.3 is 10.4 Å². The standard InChI is InChI=1S/C15H21F2NO2/c1-10(8-11(2)19)9-18-14(20)7-6-12-4-3-5-13(16)15(12)17/h3-5,10-11,19H,6-9H2,1-2H3,(H,18,20). The van der Waals surface area contributed by atoms with Gasteiger partial charge in [0, 0.05) is 13.0 Å². The van der Waals surface area contributed by atoms with Crippen LogP contribution >= 0.6 is 0 Å². The average molecular weight is 285 g/mol. The van der Waals surface area contributed by atoms with Crippen LogP contribution in [0, 0.1) is 17.6 Å². The predicted molar refractivity (Wildman–Crippen MR) is 73.2 cm³/mol. The summed E-state index contributed by atoms with van der Waals surface area (Å²) < 4.78 is 26.4. The Balaban J connectivity index is 2.35. The molecule has 0 fully saturated rings. The van der Waals surface area contributed by atoms with E-state index in [1.165, 1.54) is 12.1 Å². The number of carbonyl (C=O) groups excluding carboxylic acids is 1. The summed E-state index contributed by atoms with van der Waals surface area (Å²) in [5, 5.41) is 11.9. The highest BCUT2D eigenvalue weighted by molar-refractivity contribution is 5.76. The minimum absolute atomic E-state index is 0.113. The molecule has 0 heterocycles. The summed E-state index contributed by atoms with van der Waals surface area (Å²) in [5.74, 6) is -1.81. The van der Waals surface area contributed by atoms with Gasteiger partial charge in [-0.3, -0.25) is 4.79 Å². The van der Waals surface area contributed by atoms with Crippen molar-refractivity contribution >= 4 is 5.91 Å². The van der Waals surface area contributed by atoms with Crippen LogP contribution in [0.5, 0.6) is 0 Å². The van der Waals surface area contributed by atoms with Crippen LogP contribution in [0.4, 0.5) is 8.78 Å². The molecular formula is C15H21F2NO2. The molecule has 5 heteroatoms. The van der Waals surface area contributed by atoms with Crippen molar-refractivity contribution in [1.82, 2.24) is 5.32 Å². The maximum Gasteiger partial charge on any atom is 0.220 e. The monoisotopic (exact) mass is 285 g/mol. The van der Waals surface area contributed by atoms with E-state index in [2.05, 4.69) is 5.32 Å². The number of hydrogen-bond donors (Lipinski definition) is 2. The largest absolute Gasteiger partial charge is 0.393 e. The van der Waals surface area contributed by atoms with E-state index in [1.807, 2.05) is 6.92 Å². The molecule has 2 unspecified atom stereocenters. The third kappa shape index (κ3) is 5.65. The van der Waals surface area contributed by atoms with Crippen molar-refractivity contribution in [1.29, 1.82) is 0 Å². The Morgan fingerprint density at radius 1 is 1.35 bits per heavy atom. The second-order valence-corrected chi connectivity index (χ2v) is 5.21. The molecule has 1 rings (SSSR count). The zero-order chi connectivity index (χ0) is 15.1. The molecule has 2 N–H and O–H groups in total. The van der Waals surface area contributed by atoms with E-state index in [1.54, 1.807) is 6.92 Å². The lowest BCUT2D eigenvalue weighted by atomic mass is 10.0. The zero-order valence-electron chi connectivity index (χ0n) is 11.8. The SMILES string of the molecule is CC(O)CC(C)CNC(=O)CCc1cccc(F)c1F.